The van der Waals surface area contributed by atoms with E-state index in [-0.39, 0.29) is 0 Å². The number of aromatic nitrogens is 2. The molecule has 0 unspecified atom stereocenters. The zero-order valence-corrected chi connectivity index (χ0v) is 15.4. The van der Waals surface area contributed by atoms with Gasteiger partial charge in [-0.05, 0) is 36.1 Å². The third-order valence-corrected chi connectivity index (χ3v) is 4.66. The van der Waals surface area contributed by atoms with Crippen molar-refractivity contribution in [1.82, 2.24) is 9.78 Å². The Labute approximate surface area is 141 Å². The lowest BCUT2D eigenvalue weighted by Gasteiger charge is -2.14. The number of hydrogen-bond acceptors (Lipinski definition) is 2. The number of rotatable bonds is 4. The molecule has 0 spiro atoms. The first kappa shape index (κ1) is 17.6. The molecule has 23 heavy (non-hydrogen) atoms. The normalized spacial score (nSPS) is 12.8. The zero-order valence-electron chi connectivity index (χ0n) is 15.4. The number of hydrogen-bond donors (Lipinski definition) is 0. The molecule has 3 heteroatoms. The van der Waals surface area contributed by atoms with Crippen LogP contribution < -0.4 is 4.90 Å². The van der Waals surface area contributed by atoms with E-state index < -0.39 is 0 Å². The predicted molar refractivity (Wildman–Crippen MR) is 100 cm³/mol. The number of nitrogens with zero attached hydrogens (tertiary/aromatic N) is 3. The fourth-order valence-electron chi connectivity index (χ4n) is 3.19. The second-order valence-electron chi connectivity index (χ2n) is 6.52. The van der Waals surface area contributed by atoms with Crippen molar-refractivity contribution in [2.24, 2.45) is 7.05 Å². The Kier molecular flexibility index (Phi) is 6.26. The summed E-state index contributed by atoms with van der Waals surface area (Å²) in [5, 5.41) is 4.25. The first-order chi connectivity index (χ1) is 11.1. The predicted octanol–water partition coefficient (Wildman–Crippen LogP) is 4.97. The third-order valence-electron chi connectivity index (χ3n) is 4.66. The fourth-order valence-corrected chi connectivity index (χ4v) is 3.19. The van der Waals surface area contributed by atoms with Crippen LogP contribution in [0.4, 0.5) is 5.69 Å². The van der Waals surface area contributed by atoms with Gasteiger partial charge in [0.1, 0.15) is 0 Å². The molecule has 1 aliphatic heterocycles. The Bertz CT molecular complexity index is 624. The molecule has 0 bridgehead atoms. The molecule has 0 aliphatic carbocycles. The number of likely N-dealkylation sites (N-methyl/N-ethyl adjacent to an activating group) is 1. The molecule has 0 saturated carbocycles. The number of unbranched alkanes of at least 4 members (excludes halogenated alkanes) is 3. The zero-order chi connectivity index (χ0) is 16.8. The van der Waals surface area contributed by atoms with E-state index in [2.05, 4.69) is 56.1 Å². The van der Waals surface area contributed by atoms with E-state index in [9.17, 15) is 0 Å². The summed E-state index contributed by atoms with van der Waals surface area (Å²) < 4.78 is 1.86. The molecule has 1 aliphatic rings. The van der Waals surface area contributed by atoms with Gasteiger partial charge in [0.2, 0.25) is 0 Å². The van der Waals surface area contributed by atoms with E-state index in [0.717, 1.165) is 13.0 Å². The highest BCUT2D eigenvalue weighted by atomic mass is 15.2. The third kappa shape index (κ3) is 4.15. The van der Waals surface area contributed by atoms with Crippen molar-refractivity contribution in [3.8, 4) is 11.1 Å². The van der Waals surface area contributed by atoms with E-state index in [1.807, 2.05) is 17.9 Å². The van der Waals surface area contributed by atoms with E-state index in [1.54, 1.807) is 0 Å². The molecule has 1 aromatic carbocycles. The lowest BCUT2D eigenvalue weighted by Crippen LogP contribution is -2.12. The smallest absolute Gasteiger partial charge is 0.0568 e. The highest BCUT2D eigenvalue weighted by molar-refractivity contribution is 5.74. The molecule has 0 atom stereocenters. The minimum Gasteiger partial charge on any atom is -0.374 e. The maximum Gasteiger partial charge on any atom is 0.0568 e. The summed E-state index contributed by atoms with van der Waals surface area (Å²) in [5.74, 6) is 0. The molecular formula is C20H31N3. The van der Waals surface area contributed by atoms with Crippen LogP contribution in [0, 0.1) is 6.92 Å². The van der Waals surface area contributed by atoms with Crippen LogP contribution in [0.15, 0.2) is 24.5 Å². The van der Waals surface area contributed by atoms with Crippen LogP contribution in [0.2, 0.25) is 0 Å². The number of benzene rings is 1. The Morgan fingerprint density at radius 1 is 1.09 bits per heavy atom. The molecule has 3 rings (SSSR count). The molecule has 0 fully saturated rings. The second-order valence-corrected chi connectivity index (χ2v) is 6.52. The summed E-state index contributed by atoms with van der Waals surface area (Å²) in [7, 11) is 4.12. The van der Waals surface area contributed by atoms with Crippen LogP contribution in [-0.4, -0.2) is 23.4 Å². The van der Waals surface area contributed by atoms with Crippen LogP contribution >= 0.6 is 0 Å². The van der Waals surface area contributed by atoms with Gasteiger partial charge < -0.3 is 4.90 Å². The molecule has 0 amide bonds. The number of aryl methyl sites for hydroxylation is 1. The van der Waals surface area contributed by atoms with Crippen molar-refractivity contribution in [3.05, 3.63) is 35.7 Å². The monoisotopic (exact) mass is 313 g/mol. The van der Waals surface area contributed by atoms with Crippen LogP contribution in [0.5, 0.6) is 0 Å². The van der Waals surface area contributed by atoms with Crippen molar-refractivity contribution in [2.45, 2.75) is 52.9 Å². The molecule has 126 valence electrons. The molecular weight excluding hydrogens is 282 g/mol. The molecule has 0 saturated heterocycles. The average molecular weight is 313 g/mol. The van der Waals surface area contributed by atoms with Gasteiger partial charge in [-0.3, -0.25) is 4.68 Å². The Balaban J connectivity index is 0.000000277. The Morgan fingerprint density at radius 2 is 1.78 bits per heavy atom. The summed E-state index contributed by atoms with van der Waals surface area (Å²) in [6.45, 7) is 7.82. The van der Waals surface area contributed by atoms with Gasteiger partial charge in [-0.1, -0.05) is 45.6 Å². The molecule has 2 aromatic rings. The van der Waals surface area contributed by atoms with Gasteiger partial charge in [0.05, 0.1) is 6.20 Å². The van der Waals surface area contributed by atoms with Crippen molar-refractivity contribution in [3.63, 3.8) is 0 Å². The minimum atomic E-state index is 1.13. The van der Waals surface area contributed by atoms with Gasteiger partial charge in [-0.2, -0.15) is 5.10 Å². The van der Waals surface area contributed by atoms with Gasteiger partial charge in [-0.15, -0.1) is 0 Å². The number of fused-ring (bicyclic) bond motifs is 1. The molecule has 1 aromatic heterocycles. The van der Waals surface area contributed by atoms with Crippen molar-refractivity contribution < 1.29 is 0 Å². The SMILES string of the molecule is CCCCCC.Cc1c(-c2cnn(C)c2)ccc2c1CCN2C. The maximum absolute atomic E-state index is 4.25. The lowest BCUT2D eigenvalue weighted by molar-refractivity contribution is 0.702. The minimum absolute atomic E-state index is 1.13. The average Bonchev–Trinajstić information content (AvgIpc) is 3.13. The summed E-state index contributed by atoms with van der Waals surface area (Å²) in [6.07, 6.45) is 10.7. The van der Waals surface area contributed by atoms with E-state index in [1.165, 1.54) is 53.6 Å². The topological polar surface area (TPSA) is 21.1 Å². The molecule has 3 nitrogen and oxygen atoms in total. The van der Waals surface area contributed by atoms with Crippen molar-refractivity contribution in [2.75, 3.05) is 18.5 Å². The van der Waals surface area contributed by atoms with Crippen molar-refractivity contribution >= 4 is 5.69 Å². The van der Waals surface area contributed by atoms with E-state index >= 15 is 0 Å². The number of anilines is 1. The van der Waals surface area contributed by atoms with Gasteiger partial charge in [-0.25, -0.2) is 0 Å². The summed E-state index contributed by atoms with van der Waals surface area (Å²) in [5.41, 5.74) is 6.80. The molecule has 0 radical (unpaired) electrons. The summed E-state index contributed by atoms with van der Waals surface area (Å²) in [4.78, 5) is 2.33. The van der Waals surface area contributed by atoms with Gasteiger partial charge in [0.25, 0.3) is 0 Å². The Hall–Kier alpha value is -1.77. The quantitative estimate of drug-likeness (QED) is 0.743. The van der Waals surface area contributed by atoms with E-state index in [0.29, 0.717) is 0 Å². The summed E-state index contributed by atoms with van der Waals surface area (Å²) >= 11 is 0. The molecule has 2 heterocycles. The second kappa shape index (κ2) is 8.19. The van der Waals surface area contributed by atoms with Crippen LogP contribution in [0.25, 0.3) is 11.1 Å². The van der Waals surface area contributed by atoms with Gasteiger partial charge in [0, 0.05) is 38.1 Å². The van der Waals surface area contributed by atoms with Gasteiger partial charge in [0.15, 0.2) is 0 Å². The standard InChI is InChI=1S/C14H17N3.C6H14/c1-10-12(11-8-15-17(3)9-11)4-5-14-13(10)6-7-16(14)2;1-3-5-6-4-2/h4-5,8-9H,6-7H2,1-3H3;3-6H2,1-2H3. The fraction of sp³-hybridized carbons (Fsp3) is 0.550. The van der Waals surface area contributed by atoms with Crippen LogP contribution in [0.1, 0.15) is 50.7 Å². The lowest BCUT2D eigenvalue weighted by atomic mass is 9.97. The van der Waals surface area contributed by atoms with Crippen molar-refractivity contribution in [1.29, 1.82) is 0 Å². The maximum atomic E-state index is 4.25. The highest BCUT2D eigenvalue weighted by Crippen LogP contribution is 2.35. The first-order valence-electron chi connectivity index (χ1n) is 8.91. The van der Waals surface area contributed by atoms with Crippen LogP contribution in [0.3, 0.4) is 0 Å². The van der Waals surface area contributed by atoms with E-state index in [4.69, 9.17) is 0 Å². The molecule has 0 N–H and O–H groups in total. The highest BCUT2D eigenvalue weighted by Gasteiger charge is 2.19. The largest absolute Gasteiger partial charge is 0.374 e. The summed E-state index contributed by atoms with van der Waals surface area (Å²) in [6, 6.07) is 4.45. The van der Waals surface area contributed by atoms with Gasteiger partial charge >= 0.3 is 0 Å². The first-order valence-corrected chi connectivity index (χ1v) is 8.91. The van der Waals surface area contributed by atoms with Crippen LogP contribution in [-0.2, 0) is 13.5 Å². The Morgan fingerprint density at radius 3 is 2.35 bits per heavy atom.